The zero-order valence-electron chi connectivity index (χ0n) is 12.9. The molecule has 1 atom stereocenters. The number of nitrogens with one attached hydrogen (secondary N) is 1. The van der Waals surface area contributed by atoms with Crippen LogP contribution in [0.15, 0.2) is 0 Å². The molecule has 1 heterocycles. The molecule has 0 aromatic carbocycles. The van der Waals surface area contributed by atoms with Gasteiger partial charge in [-0.15, -0.1) is 0 Å². The van der Waals surface area contributed by atoms with E-state index in [0.29, 0.717) is 12.0 Å². The van der Waals surface area contributed by atoms with E-state index in [0.717, 1.165) is 43.7 Å². The molecule has 1 aliphatic heterocycles. The molecule has 1 unspecified atom stereocenters. The van der Waals surface area contributed by atoms with Crippen LogP contribution in [0.3, 0.4) is 0 Å². The van der Waals surface area contributed by atoms with Crippen LogP contribution in [-0.2, 0) is 0 Å². The third-order valence-corrected chi connectivity index (χ3v) is 6.46. The first-order valence-corrected chi connectivity index (χ1v) is 8.83. The van der Waals surface area contributed by atoms with E-state index < -0.39 is 0 Å². The van der Waals surface area contributed by atoms with Gasteiger partial charge in [0.1, 0.15) is 0 Å². The fraction of sp³-hybridized carbons (Fsp3) is 0.941. The zero-order chi connectivity index (χ0) is 14.4. The average molecular weight is 292 g/mol. The Labute approximate surface area is 127 Å². The predicted octanol–water partition coefficient (Wildman–Crippen LogP) is 2.37. The summed E-state index contributed by atoms with van der Waals surface area (Å²) in [5, 5.41) is 12.9. The van der Waals surface area contributed by atoms with Crippen LogP contribution in [0.5, 0.6) is 0 Å². The van der Waals surface area contributed by atoms with Crippen molar-refractivity contribution >= 4 is 6.03 Å². The average Bonchev–Trinajstić information content (AvgIpc) is 2.43. The predicted molar refractivity (Wildman–Crippen MR) is 80.8 cm³/mol. The number of nitrogens with zero attached hydrogens (tertiary/aromatic N) is 1. The molecule has 1 saturated heterocycles. The second-order valence-electron chi connectivity index (χ2n) is 8.32. The maximum atomic E-state index is 12.3. The Bertz CT molecular complexity index is 388. The minimum absolute atomic E-state index is 0.0458. The number of aliphatic hydroxyl groups is 1. The fourth-order valence-electron chi connectivity index (χ4n) is 6.02. The smallest absolute Gasteiger partial charge is 0.317 e. The number of β-amino-alcohol motifs (C(OH)–C–C–N with tert-alkyl or cyclic N) is 1. The van der Waals surface area contributed by atoms with Gasteiger partial charge in [-0.2, -0.15) is 0 Å². The number of likely N-dealkylation sites (tertiary alicyclic amines) is 1. The van der Waals surface area contributed by atoms with Gasteiger partial charge in [0, 0.05) is 19.6 Å². The molecule has 2 amide bonds. The Morgan fingerprint density at radius 1 is 1.14 bits per heavy atom. The summed E-state index contributed by atoms with van der Waals surface area (Å²) in [6.45, 7) is 2.17. The molecule has 4 nitrogen and oxygen atoms in total. The third-order valence-electron chi connectivity index (χ3n) is 6.46. The fourth-order valence-corrected chi connectivity index (χ4v) is 6.02. The van der Waals surface area contributed by atoms with Crippen molar-refractivity contribution in [2.75, 3.05) is 19.6 Å². The summed E-state index contributed by atoms with van der Waals surface area (Å²) in [5.41, 5.74) is 0.402. The van der Waals surface area contributed by atoms with Gasteiger partial charge >= 0.3 is 6.03 Å². The zero-order valence-corrected chi connectivity index (χ0v) is 12.9. The van der Waals surface area contributed by atoms with Crippen LogP contribution in [0.2, 0.25) is 0 Å². The van der Waals surface area contributed by atoms with Gasteiger partial charge in [0.25, 0.3) is 0 Å². The van der Waals surface area contributed by atoms with Crippen molar-refractivity contribution in [3.05, 3.63) is 0 Å². The second-order valence-corrected chi connectivity index (χ2v) is 8.32. The molecule has 5 aliphatic rings. The number of rotatable bonds is 2. The molecule has 2 N–H and O–H groups in total. The number of aliphatic hydroxyl groups excluding tert-OH is 1. The molecule has 0 spiro atoms. The van der Waals surface area contributed by atoms with E-state index in [4.69, 9.17) is 0 Å². The summed E-state index contributed by atoms with van der Waals surface area (Å²) >= 11 is 0. The number of piperidine rings is 1. The molecular formula is C17H28N2O2. The summed E-state index contributed by atoms with van der Waals surface area (Å²) in [7, 11) is 0. The van der Waals surface area contributed by atoms with Gasteiger partial charge in [-0.1, -0.05) is 0 Å². The second kappa shape index (κ2) is 5.15. The summed E-state index contributed by atoms with van der Waals surface area (Å²) in [6, 6.07) is 0.0458. The maximum Gasteiger partial charge on any atom is 0.317 e. The third kappa shape index (κ3) is 2.67. The minimum Gasteiger partial charge on any atom is -0.391 e. The number of urea groups is 1. The molecule has 118 valence electrons. The summed E-state index contributed by atoms with van der Waals surface area (Å²) < 4.78 is 0. The van der Waals surface area contributed by atoms with Crippen LogP contribution >= 0.6 is 0 Å². The first kappa shape index (κ1) is 13.9. The number of amides is 2. The number of carbonyl (C=O) groups is 1. The highest BCUT2D eigenvalue weighted by Gasteiger charge is 2.50. The van der Waals surface area contributed by atoms with Gasteiger partial charge in [0.2, 0.25) is 0 Å². The van der Waals surface area contributed by atoms with Crippen LogP contribution in [0.4, 0.5) is 4.79 Å². The lowest BCUT2D eigenvalue weighted by Crippen LogP contribution is -2.54. The highest BCUT2D eigenvalue weighted by molar-refractivity contribution is 5.74. The van der Waals surface area contributed by atoms with Crippen molar-refractivity contribution in [3.8, 4) is 0 Å². The molecule has 4 bridgehead atoms. The van der Waals surface area contributed by atoms with E-state index in [9.17, 15) is 9.90 Å². The van der Waals surface area contributed by atoms with Gasteiger partial charge in [0.05, 0.1) is 6.10 Å². The molecule has 4 heteroatoms. The van der Waals surface area contributed by atoms with Crippen LogP contribution in [0, 0.1) is 23.2 Å². The van der Waals surface area contributed by atoms with E-state index in [1.165, 1.54) is 38.5 Å². The Kier molecular flexibility index (Phi) is 3.40. The normalized spacial score (nSPS) is 44.9. The van der Waals surface area contributed by atoms with E-state index in [2.05, 4.69) is 5.32 Å². The molecule has 5 rings (SSSR count). The minimum atomic E-state index is -0.330. The van der Waals surface area contributed by atoms with E-state index in [1.54, 1.807) is 4.90 Å². The van der Waals surface area contributed by atoms with Gasteiger partial charge < -0.3 is 15.3 Å². The highest BCUT2D eigenvalue weighted by Crippen LogP contribution is 2.59. The number of hydrogen-bond donors (Lipinski definition) is 2. The molecule has 0 aromatic rings. The van der Waals surface area contributed by atoms with E-state index in [-0.39, 0.29) is 12.1 Å². The monoisotopic (exact) mass is 292 g/mol. The topological polar surface area (TPSA) is 52.6 Å². The van der Waals surface area contributed by atoms with Crippen LogP contribution in [0.25, 0.3) is 0 Å². The van der Waals surface area contributed by atoms with Crippen molar-refractivity contribution in [1.82, 2.24) is 10.2 Å². The largest absolute Gasteiger partial charge is 0.391 e. The number of hydrogen-bond acceptors (Lipinski definition) is 2. The lowest BCUT2D eigenvalue weighted by molar-refractivity contribution is -0.0504. The lowest BCUT2D eigenvalue weighted by Gasteiger charge is -2.57. The maximum absolute atomic E-state index is 12.3. The van der Waals surface area contributed by atoms with Crippen LogP contribution < -0.4 is 5.32 Å². The molecule has 0 aromatic heterocycles. The highest BCUT2D eigenvalue weighted by atomic mass is 16.3. The van der Waals surface area contributed by atoms with Crippen LogP contribution in [-0.4, -0.2) is 41.8 Å². The molecule has 4 aliphatic carbocycles. The van der Waals surface area contributed by atoms with Gasteiger partial charge in [-0.3, -0.25) is 0 Å². The Morgan fingerprint density at radius 3 is 2.33 bits per heavy atom. The first-order valence-electron chi connectivity index (χ1n) is 8.83. The molecule has 0 radical (unpaired) electrons. The van der Waals surface area contributed by atoms with Gasteiger partial charge in [0.15, 0.2) is 0 Å². The summed E-state index contributed by atoms with van der Waals surface area (Å²) in [4.78, 5) is 14.1. The van der Waals surface area contributed by atoms with Crippen molar-refractivity contribution in [3.63, 3.8) is 0 Å². The Balaban J connectivity index is 1.35. The molecular weight excluding hydrogens is 264 g/mol. The lowest BCUT2D eigenvalue weighted by atomic mass is 9.49. The van der Waals surface area contributed by atoms with E-state index >= 15 is 0 Å². The molecule has 21 heavy (non-hydrogen) atoms. The summed E-state index contributed by atoms with van der Waals surface area (Å²) in [5.74, 6) is 2.81. The van der Waals surface area contributed by atoms with Gasteiger partial charge in [-0.05, 0) is 74.5 Å². The molecule has 4 saturated carbocycles. The Hall–Kier alpha value is -0.770. The van der Waals surface area contributed by atoms with Crippen molar-refractivity contribution in [1.29, 1.82) is 0 Å². The Morgan fingerprint density at radius 2 is 1.76 bits per heavy atom. The standard InChI is InChI=1S/C17H28N2O2/c20-15-2-1-3-19(10-15)16(21)18-11-17-7-12-4-13(8-17)6-14(5-12)9-17/h12-15,20H,1-11H2,(H,18,21). The van der Waals surface area contributed by atoms with Crippen molar-refractivity contribution < 1.29 is 9.90 Å². The first-order chi connectivity index (χ1) is 10.1. The quantitative estimate of drug-likeness (QED) is 0.821. The van der Waals surface area contributed by atoms with Crippen LogP contribution in [0.1, 0.15) is 51.4 Å². The van der Waals surface area contributed by atoms with Gasteiger partial charge in [-0.25, -0.2) is 4.79 Å². The van der Waals surface area contributed by atoms with Crippen molar-refractivity contribution in [2.24, 2.45) is 23.2 Å². The summed E-state index contributed by atoms with van der Waals surface area (Å²) in [6.07, 6.45) is 9.78. The van der Waals surface area contributed by atoms with Crippen molar-refractivity contribution in [2.45, 2.75) is 57.5 Å². The molecule has 5 fully saturated rings. The SMILES string of the molecule is O=C(NCC12CC3CC(CC(C3)C1)C2)N1CCCC(O)C1. The number of carbonyl (C=O) groups excluding carboxylic acids is 1. The van der Waals surface area contributed by atoms with E-state index in [1.807, 2.05) is 0 Å².